The number of hydrogen-bond donors (Lipinski definition) is 1. The fraction of sp³-hybridized carbons (Fsp3) is 0.444. The van der Waals surface area contributed by atoms with Gasteiger partial charge in [-0.1, -0.05) is 43.1 Å². The van der Waals surface area contributed by atoms with Crippen LogP contribution in [0.15, 0.2) is 41.2 Å². The molecule has 0 atom stereocenters. The van der Waals surface area contributed by atoms with Crippen LogP contribution in [0.2, 0.25) is 10.0 Å². The minimum absolute atomic E-state index is 0.646. The molecule has 0 unspecified atom stereocenters. The highest BCUT2D eigenvalue weighted by atomic mass is 35.5. The fourth-order valence-electron chi connectivity index (χ4n) is 3.15. The maximum Gasteiger partial charge on any atom is 0.0531 e. The first-order chi connectivity index (χ1) is 10.9. The topological polar surface area (TPSA) is 18.5 Å². The molecule has 1 aromatic rings. The van der Waals surface area contributed by atoms with Crippen molar-refractivity contribution in [3.63, 3.8) is 0 Å². The van der Waals surface area contributed by atoms with Crippen molar-refractivity contribution in [2.75, 3.05) is 19.6 Å². The zero-order valence-electron chi connectivity index (χ0n) is 13.9. The van der Waals surface area contributed by atoms with Crippen LogP contribution >= 0.6 is 23.2 Å². The predicted molar refractivity (Wildman–Crippen MR) is 97.2 cm³/mol. The Kier molecular flexibility index (Phi) is 4.90. The predicted octanol–water partition coefficient (Wildman–Crippen LogP) is 4.44. The Bertz CT molecular complexity index is 664. The number of halogens is 2. The Morgan fingerprint density at radius 1 is 1.26 bits per heavy atom. The summed E-state index contributed by atoms with van der Waals surface area (Å²) in [7, 11) is 0. The molecule has 3 rings (SSSR count). The maximum absolute atomic E-state index is 6.33. The second-order valence-corrected chi connectivity index (χ2v) is 7.53. The van der Waals surface area contributed by atoms with Gasteiger partial charge in [-0.3, -0.25) is 0 Å². The number of benzene rings is 1. The Labute approximate surface area is 148 Å². The lowest BCUT2D eigenvalue weighted by Crippen LogP contribution is -2.33. The van der Waals surface area contributed by atoms with E-state index < -0.39 is 0 Å². The number of nitrogens with zero attached hydrogens (tertiary/aromatic N) is 2. The molecule has 1 N–H and O–H groups in total. The summed E-state index contributed by atoms with van der Waals surface area (Å²) in [6, 6.07) is 5.73. The molecule has 1 fully saturated rings. The van der Waals surface area contributed by atoms with Gasteiger partial charge in [0.15, 0.2) is 0 Å². The molecule has 1 aromatic carbocycles. The van der Waals surface area contributed by atoms with E-state index in [4.69, 9.17) is 23.2 Å². The highest BCUT2D eigenvalue weighted by Gasteiger charge is 2.28. The highest BCUT2D eigenvalue weighted by molar-refractivity contribution is 6.35. The van der Waals surface area contributed by atoms with E-state index in [9.17, 15) is 0 Å². The summed E-state index contributed by atoms with van der Waals surface area (Å²) >= 11 is 12.3. The van der Waals surface area contributed by atoms with E-state index in [1.54, 1.807) is 0 Å². The van der Waals surface area contributed by atoms with Crippen LogP contribution in [-0.4, -0.2) is 29.5 Å². The summed E-state index contributed by atoms with van der Waals surface area (Å²) in [6.45, 7) is 10.4. The lowest BCUT2D eigenvalue weighted by molar-refractivity contribution is 0.237. The van der Waals surface area contributed by atoms with Gasteiger partial charge in [0.1, 0.15) is 0 Å². The van der Waals surface area contributed by atoms with E-state index in [1.807, 2.05) is 18.2 Å². The van der Waals surface area contributed by atoms with E-state index in [-0.39, 0.29) is 0 Å². The summed E-state index contributed by atoms with van der Waals surface area (Å²) in [6.07, 6.45) is 2.27. The van der Waals surface area contributed by atoms with Crippen molar-refractivity contribution in [2.24, 2.45) is 5.92 Å². The molecule has 0 aliphatic carbocycles. The largest absolute Gasteiger partial charge is 0.367 e. The molecular formula is C18H23Cl2N3. The zero-order chi connectivity index (χ0) is 16.6. The second kappa shape index (κ2) is 6.76. The van der Waals surface area contributed by atoms with Gasteiger partial charge in [-0.25, -0.2) is 5.01 Å². The van der Waals surface area contributed by atoms with Crippen molar-refractivity contribution in [2.45, 2.75) is 27.3 Å². The second-order valence-electron chi connectivity index (χ2n) is 6.68. The maximum atomic E-state index is 6.33. The van der Waals surface area contributed by atoms with Crippen LogP contribution in [0.1, 0.15) is 26.3 Å². The van der Waals surface area contributed by atoms with Gasteiger partial charge in [0.05, 0.1) is 5.70 Å². The molecule has 2 aliphatic heterocycles. The SMILES string of the molecule is CC1=C2CN(CC(C)C)NC2=CCN1Cc1ccc(Cl)cc1Cl. The van der Waals surface area contributed by atoms with Gasteiger partial charge in [0, 0.05) is 47.5 Å². The van der Waals surface area contributed by atoms with Gasteiger partial charge in [0.2, 0.25) is 0 Å². The van der Waals surface area contributed by atoms with Crippen LogP contribution in [-0.2, 0) is 6.54 Å². The number of hydrazine groups is 1. The van der Waals surface area contributed by atoms with Crippen LogP contribution < -0.4 is 5.43 Å². The Hall–Kier alpha value is -1.16. The Balaban J connectivity index is 1.76. The Morgan fingerprint density at radius 2 is 2.04 bits per heavy atom. The number of nitrogens with one attached hydrogen (secondary N) is 1. The normalized spacial score (nSPS) is 18.3. The van der Waals surface area contributed by atoms with Crippen molar-refractivity contribution >= 4 is 23.2 Å². The number of fused-ring (bicyclic) bond motifs is 1. The van der Waals surface area contributed by atoms with Gasteiger partial charge in [-0.05, 0) is 36.6 Å². The molecule has 0 saturated carbocycles. The Morgan fingerprint density at radius 3 is 2.74 bits per heavy atom. The first kappa shape index (κ1) is 16.7. The lowest BCUT2D eigenvalue weighted by atomic mass is 10.1. The van der Waals surface area contributed by atoms with Crippen LogP contribution in [0.5, 0.6) is 0 Å². The van der Waals surface area contributed by atoms with Crippen molar-refractivity contribution in [3.05, 3.63) is 56.9 Å². The van der Waals surface area contributed by atoms with Crippen LogP contribution in [0.25, 0.3) is 0 Å². The van der Waals surface area contributed by atoms with Gasteiger partial charge in [-0.2, -0.15) is 0 Å². The molecule has 0 spiro atoms. The number of allylic oxidation sites excluding steroid dienone is 1. The highest BCUT2D eigenvalue weighted by Crippen LogP contribution is 2.30. The smallest absolute Gasteiger partial charge is 0.0531 e. The molecule has 2 aliphatic rings. The van der Waals surface area contributed by atoms with E-state index >= 15 is 0 Å². The average molecular weight is 352 g/mol. The molecule has 0 radical (unpaired) electrons. The third-order valence-electron chi connectivity index (χ3n) is 4.34. The first-order valence-corrected chi connectivity index (χ1v) is 8.80. The monoisotopic (exact) mass is 351 g/mol. The summed E-state index contributed by atoms with van der Waals surface area (Å²) in [5.74, 6) is 0.646. The molecule has 3 nitrogen and oxygen atoms in total. The zero-order valence-corrected chi connectivity index (χ0v) is 15.4. The number of rotatable bonds is 4. The standard InChI is InChI=1S/C18H23Cl2N3/c1-12(2)9-23-11-16-13(3)22(7-6-18(16)21-23)10-14-4-5-15(19)8-17(14)20/h4-6,8,12,21H,7,9-11H2,1-3H3. The van der Waals surface area contributed by atoms with E-state index in [1.165, 1.54) is 17.0 Å². The van der Waals surface area contributed by atoms with E-state index in [2.05, 4.69) is 42.2 Å². The molecule has 0 aromatic heterocycles. The van der Waals surface area contributed by atoms with Crippen LogP contribution in [0.4, 0.5) is 0 Å². The molecule has 23 heavy (non-hydrogen) atoms. The molecule has 0 amide bonds. The van der Waals surface area contributed by atoms with Gasteiger partial charge in [0.25, 0.3) is 0 Å². The molecule has 0 bridgehead atoms. The third kappa shape index (κ3) is 3.68. The van der Waals surface area contributed by atoms with Gasteiger partial charge < -0.3 is 10.3 Å². The summed E-state index contributed by atoms with van der Waals surface area (Å²) in [5, 5.41) is 3.71. The van der Waals surface area contributed by atoms with Crippen LogP contribution in [0, 0.1) is 5.92 Å². The minimum Gasteiger partial charge on any atom is -0.367 e. The lowest BCUT2D eigenvalue weighted by Gasteiger charge is -2.29. The fourth-order valence-corrected chi connectivity index (χ4v) is 3.62. The summed E-state index contributed by atoms with van der Waals surface area (Å²) < 4.78 is 0. The van der Waals surface area contributed by atoms with Crippen LogP contribution in [0.3, 0.4) is 0 Å². The van der Waals surface area contributed by atoms with Gasteiger partial charge in [-0.15, -0.1) is 0 Å². The number of hydrogen-bond acceptors (Lipinski definition) is 3. The molecular weight excluding hydrogens is 329 g/mol. The quantitative estimate of drug-likeness (QED) is 0.864. The third-order valence-corrected chi connectivity index (χ3v) is 4.93. The molecule has 124 valence electrons. The van der Waals surface area contributed by atoms with Crippen molar-refractivity contribution < 1.29 is 0 Å². The minimum atomic E-state index is 0.646. The van der Waals surface area contributed by atoms with Gasteiger partial charge >= 0.3 is 0 Å². The van der Waals surface area contributed by atoms with Crippen molar-refractivity contribution in [1.29, 1.82) is 0 Å². The molecule has 2 heterocycles. The van der Waals surface area contributed by atoms with Crippen molar-refractivity contribution in [3.8, 4) is 0 Å². The first-order valence-electron chi connectivity index (χ1n) is 8.05. The average Bonchev–Trinajstić information content (AvgIpc) is 2.87. The summed E-state index contributed by atoms with van der Waals surface area (Å²) in [4.78, 5) is 2.37. The molecule has 1 saturated heterocycles. The van der Waals surface area contributed by atoms with E-state index in [0.717, 1.165) is 36.8 Å². The molecule has 5 heteroatoms. The van der Waals surface area contributed by atoms with Crippen molar-refractivity contribution in [1.82, 2.24) is 15.3 Å². The van der Waals surface area contributed by atoms with E-state index in [0.29, 0.717) is 10.9 Å². The summed E-state index contributed by atoms with van der Waals surface area (Å²) in [5.41, 5.74) is 8.62.